The average molecular weight is 490 g/mol. The molecule has 0 bridgehead atoms. The number of hydrogen-bond acceptors (Lipinski definition) is 10. The van der Waals surface area contributed by atoms with Crippen LogP contribution in [-0.2, 0) is 37.9 Å². The first-order valence-corrected chi connectivity index (χ1v) is 11.9. The minimum Gasteiger partial charge on any atom is -0.491 e. The van der Waals surface area contributed by atoms with Gasteiger partial charge in [0.2, 0.25) is 0 Å². The van der Waals surface area contributed by atoms with E-state index in [9.17, 15) is 0 Å². The van der Waals surface area contributed by atoms with Crippen molar-refractivity contribution in [1.82, 2.24) is 0 Å². The highest BCUT2D eigenvalue weighted by Gasteiger charge is 1.96. The Kier molecular flexibility index (Phi) is 23.7. The standard InChI is InChI=1S/C24H43NO9/c25-6-7-26-8-9-27-10-11-28-12-13-29-14-15-30-16-17-31-18-19-32-20-21-33-22-23-34-24-4-2-1-3-5-24/h1-5H,6-23,25H2. The van der Waals surface area contributed by atoms with E-state index in [1.54, 1.807) is 0 Å². The monoisotopic (exact) mass is 489 g/mol. The first-order valence-electron chi connectivity index (χ1n) is 11.9. The number of hydrogen-bond donors (Lipinski definition) is 1. The van der Waals surface area contributed by atoms with Gasteiger partial charge in [0.25, 0.3) is 0 Å². The zero-order valence-corrected chi connectivity index (χ0v) is 20.4. The molecule has 0 aliphatic heterocycles. The van der Waals surface area contributed by atoms with Gasteiger partial charge in [0, 0.05) is 6.54 Å². The van der Waals surface area contributed by atoms with E-state index >= 15 is 0 Å². The molecule has 1 rings (SSSR count). The number of ether oxygens (including phenoxy) is 9. The van der Waals surface area contributed by atoms with Gasteiger partial charge in [-0.25, -0.2) is 0 Å². The van der Waals surface area contributed by atoms with E-state index in [1.807, 2.05) is 30.3 Å². The van der Waals surface area contributed by atoms with E-state index in [1.165, 1.54) is 0 Å². The lowest BCUT2D eigenvalue weighted by Crippen LogP contribution is -2.15. The highest BCUT2D eigenvalue weighted by molar-refractivity contribution is 5.20. The topological polar surface area (TPSA) is 109 Å². The second-order valence-electron chi connectivity index (χ2n) is 6.85. The van der Waals surface area contributed by atoms with E-state index in [0.29, 0.717) is 119 Å². The highest BCUT2D eigenvalue weighted by Crippen LogP contribution is 2.07. The van der Waals surface area contributed by atoms with Crippen LogP contribution in [0.4, 0.5) is 0 Å². The Morgan fingerprint density at radius 3 is 1.00 bits per heavy atom. The molecule has 1 aromatic rings. The summed E-state index contributed by atoms with van der Waals surface area (Å²) in [4.78, 5) is 0. The van der Waals surface area contributed by atoms with Crippen LogP contribution in [0, 0.1) is 0 Å². The van der Waals surface area contributed by atoms with Crippen molar-refractivity contribution in [2.45, 2.75) is 0 Å². The summed E-state index contributed by atoms with van der Waals surface area (Å²) < 4.78 is 48.7. The average Bonchev–Trinajstić information content (AvgIpc) is 2.87. The van der Waals surface area contributed by atoms with E-state index < -0.39 is 0 Å². The third-order valence-corrected chi connectivity index (χ3v) is 4.11. The molecule has 0 aliphatic rings. The largest absolute Gasteiger partial charge is 0.491 e. The highest BCUT2D eigenvalue weighted by atomic mass is 16.6. The zero-order chi connectivity index (χ0) is 24.2. The summed E-state index contributed by atoms with van der Waals surface area (Å²) in [5, 5.41) is 0. The maximum atomic E-state index is 5.54. The molecule has 0 fully saturated rings. The molecule has 198 valence electrons. The van der Waals surface area contributed by atoms with Crippen LogP contribution in [0.5, 0.6) is 5.75 Å². The van der Waals surface area contributed by atoms with Gasteiger partial charge in [0.15, 0.2) is 0 Å². The number of rotatable bonds is 27. The molecule has 0 saturated carbocycles. The molecule has 0 atom stereocenters. The molecule has 0 amide bonds. The normalized spacial score (nSPS) is 11.2. The first-order chi connectivity index (χ1) is 16.9. The van der Waals surface area contributed by atoms with Crippen LogP contribution in [0.1, 0.15) is 0 Å². The fourth-order valence-corrected chi connectivity index (χ4v) is 2.46. The molecular formula is C24H43NO9. The molecule has 0 saturated heterocycles. The summed E-state index contributed by atoms with van der Waals surface area (Å²) in [6.07, 6.45) is 0. The van der Waals surface area contributed by atoms with Crippen LogP contribution < -0.4 is 10.5 Å². The third-order valence-electron chi connectivity index (χ3n) is 4.11. The van der Waals surface area contributed by atoms with E-state index in [2.05, 4.69) is 0 Å². The first kappa shape index (κ1) is 30.7. The second-order valence-corrected chi connectivity index (χ2v) is 6.85. The Labute approximate surface area is 203 Å². The molecule has 0 spiro atoms. The van der Waals surface area contributed by atoms with Crippen LogP contribution in [-0.4, -0.2) is 119 Å². The van der Waals surface area contributed by atoms with Crippen molar-refractivity contribution < 1.29 is 42.6 Å². The van der Waals surface area contributed by atoms with Crippen LogP contribution in [0.25, 0.3) is 0 Å². The maximum absolute atomic E-state index is 5.54. The minimum atomic E-state index is 0.522. The molecule has 1 aromatic carbocycles. The summed E-state index contributed by atoms with van der Waals surface area (Å²) in [6.45, 7) is 9.61. The van der Waals surface area contributed by atoms with E-state index in [0.717, 1.165) is 5.75 Å². The van der Waals surface area contributed by atoms with Crippen molar-refractivity contribution in [3.63, 3.8) is 0 Å². The molecular weight excluding hydrogens is 446 g/mol. The molecule has 0 aliphatic carbocycles. The van der Waals surface area contributed by atoms with E-state index in [-0.39, 0.29) is 0 Å². The van der Waals surface area contributed by atoms with Crippen LogP contribution >= 0.6 is 0 Å². The van der Waals surface area contributed by atoms with Gasteiger partial charge in [-0.15, -0.1) is 0 Å². The van der Waals surface area contributed by atoms with Gasteiger partial charge in [0.1, 0.15) is 12.4 Å². The van der Waals surface area contributed by atoms with Gasteiger partial charge >= 0.3 is 0 Å². The molecule has 0 unspecified atom stereocenters. The predicted molar refractivity (Wildman–Crippen MR) is 128 cm³/mol. The van der Waals surface area contributed by atoms with Crippen LogP contribution in [0.3, 0.4) is 0 Å². The predicted octanol–water partition coefficient (Wildman–Crippen LogP) is 1.16. The van der Waals surface area contributed by atoms with Crippen molar-refractivity contribution in [1.29, 1.82) is 0 Å². The minimum absolute atomic E-state index is 0.522. The van der Waals surface area contributed by atoms with Crippen LogP contribution in [0.2, 0.25) is 0 Å². The Morgan fingerprint density at radius 2 is 0.676 bits per heavy atom. The maximum Gasteiger partial charge on any atom is 0.119 e. The van der Waals surface area contributed by atoms with Crippen LogP contribution in [0.15, 0.2) is 30.3 Å². The third kappa shape index (κ3) is 22.5. The van der Waals surface area contributed by atoms with Gasteiger partial charge in [0.05, 0.1) is 106 Å². The molecule has 10 heteroatoms. The van der Waals surface area contributed by atoms with Crippen molar-refractivity contribution in [3.05, 3.63) is 30.3 Å². The lowest BCUT2D eigenvalue weighted by Gasteiger charge is -2.09. The Balaban J connectivity index is 1.64. The quantitative estimate of drug-likeness (QED) is 0.181. The van der Waals surface area contributed by atoms with Gasteiger partial charge in [-0.05, 0) is 12.1 Å². The number of benzene rings is 1. The summed E-state index contributed by atoms with van der Waals surface area (Å²) in [5.74, 6) is 0.847. The Morgan fingerprint density at radius 1 is 0.382 bits per heavy atom. The Hall–Kier alpha value is -1.34. The zero-order valence-electron chi connectivity index (χ0n) is 20.4. The van der Waals surface area contributed by atoms with Gasteiger partial charge in [-0.2, -0.15) is 0 Å². The summed E-state index contributed by atoms with van der Waals surface area (Å²) in [5.41, 5.74) is 5.32. The SMILES string of the molecule is NCCOCCOCCOCCOCCOCCOCCOCCOCCOc1ccccc1. The second kappa shape index (κ2) is 26.3. The van der Waals surface area contributed by atoms with Gasteiger partial charge in [-0.1, -0.05) is 18.2 Å². The summed E-state index contributed by atoms with van der Waals surface area (Å²) >= 11 is 0. The van der Waals surface area contributed by atoms with Crippen molar-refractivity contribution in [2.75, 3.05) is 119 Å². The summed E-state index contributed by atoms with van der Waals surface area (Å²) in [6, 6.07) is 9.67. The number of para-hydroxylation sites is 1. The fraction of sp³-hybridized carbons (Fsp3) is 0.750. The molecule has 0 radical (unpaired) electrons. The lowest BCUT2D eigenvalue weighted by atomic mass is 10.3. The summed E-state index contributed by atoms with van der Waals surface area (Å²) in [7, 11) is 0. The van der Waals surface area contributed by atoms with Crippen molar-refractivity contribution in [3.8, 4) is 5.75 Å². The molecule has 2 N–H and O–H groups in total. The van der Waals surface area contributed by atoms with Gasteiger partial charge < -0.3 is 48.4 Å². The van der Waals surface area contributed by atoms with Gasteiger partial charge in [-0.3, -0.25) is 0 Å². The lowest BCUT2D eigenvalue weighted by molar-refractivity contribution is -0.0234. The Bertz CT molecular complexity index is 510. The molecule has 0 heterocycles. The van der Waals surface area contributed by atoms with Crippen molar-refractivity contribution >= 4 is 0 Å². The smallest absolute Gasteiger partial charge is 0.119 e. The fourth-order valence-electron chi connectivity index (χ4n) is 2.46. The number of nitrogens with two attached hydrogens (primary N) is 1. The van der Waals surface area contributed by atoms with Crippen molar-refractivity contribution in [2.24, 2.45) is 5.73 Å². The molecule has 10 nitrogen and oxygen atoms in total. The molecule has 34 heavy (non-hydrogen) atoms. The van der Waals surface area contributed by atoms with E-state index in [4.69, 9.17) is 48.4 Å². The molecule has 0 aromatic heterocycles.